The zero-order valence-electron chi connectivity index (χ0n) is 19.6. The number of hydrogen-bond donors (Lipinski definition) is 2. The van der Waals surface area contributed by atoms with E-state index in [0.717, 1.165) is 43.3 Å². The summed E-state index contributed by atoms with van der Waals surface area (Å²) >= 11 is 0. The topological polar surface area (TPSA) is 86.7 Å². The van der Waals surface area contributed by atoms with Crippen molar-refractivity contribution in [1.82, 2.24) is 10.2 Å². The summed E-state index contributed by atoms with van der Waals surface area (Å²) in [5.74, 6) is -1.26. The summed E-state index contributed by atoms with van der Waals surface area (Å²) in [5, 5.41) is 12.3. The number of allylic oxidation sites excluding steroid dienone is 3. The number of aliphatic carboxylic acids is 1. The van der Waals surface area contributed by atoms with Crippen molar-refractivity contribution in [3.63, 3.8) is 0 Å². The van der Waals surface area contributed by atoms with Crippen molar-refractivity contribution in [3.8, 4) is 0 Å². The highest BCUT2D eigenvalue weighted by atomic mass is 16.4. The Labute approximate surface area is 181 Å². The first kappa shape index (κ1) is 25.9. The number of carboxylic acid groups (broad SMARTS) is 1. The molecule has 0 heterocycles. The maximum Gasteiger partial charge on any atom is 0.305 e. The number of carbonyl (C=O) groups is 3. The second kappa shape index (κ2) is 11.9. The molecule has 0 aliphatic heterocycles. The number of rotatable bonds is 11. The van der Waals surface area contributed by atoms with Gasteiger partial charge >= 0.3 is 5.97 Å². The lowest BCUT2D eigenvalue weighted by molar-refractivity contribution is -0.139. The standard InChI is InChI=1S/C24H40N2O4/c1-7-18(5)19(8-2)15-20(23(30)26(6)14-11-17(3)4)22(29)25-24(16-21(27)28)12-9-10-13-24/h15,17H,7-14,16H2,1-6H3,(H,25,29)(H,27,28)/b19-18+,20-15-. The highest BCUT2D eigenvalue weighted by molar-refractivity contribution is 6.18. The largest absolute Gasteiger partial charge is 0.481 e. The van der Waals surface area contributed by atoms with Crippen molar-refractivity contribution in [3.05, 3.63) is 22.8 Å². The fourth-order valence-corrected chi connectivity index (χ4v) is 3.91. The fourth-order valence-electron chi connectivity index (χ4n) is 3.91. The number of amides is 2. The first-order chi connectivity index (χ1) is 14.0. The van der Waals surface area contributed by atoms with Crippen LogP contribution in [0.4, 0.5) is 0 Å². The van der Waals surface area contributed by atoms with Crippen LogP contribution in [-0.4, -0.2) is 46.9 Å². The Bertz CT molecular complexity index is 685. The summed E-state index contributed by atoms with van der Waals surface area (Å²) in [6.45, 7) is 10.8. The molecule has 1 aliphatic carbocycles. The second-order valence-corrected chi connectivity index (χ2v) is 8.99. The highest BCUT2D eigenvalue weighted by Crippen LogP contribution is 2.33. The quantitative estimate of drug-likeness (QED) is 0.224. The van der Waals surface area contributed by atoms with E-state index in [0.29, 0.717) is 25.3 Å². The van der Waals surface area contributed by atoms with Crippen molar-refractivity contribution in [1.29, 1.82) is 0 Å². The van der Waals surface area contributed by atoms with Crippen LogP contribution >= 0.6 is 0 Å². The summed E-state index contributed by atoms with van der Waals surface area (Å²) in [6, 6.07) is 0. The summed E-state index contributed by atoms with van der Waals surface area (Å²) in [6.07, 6.45) is 7.02. The van der Waals surface area contributed by atoms with Crippen LogP contribution in [-0.2, 0) is 14.4 Å². The number of nitrogens with zero attached hydrogens (tertiary/aromatic N) is 1. The van der Waals surface area contributed by atoms with Crippen LogP contribution in [0.1, 0.15) is 86.0 Å². The molecule has 0 bridgehead atoms. The molecule has 0 aromatic carbocycles. The summed E-state index contributed by atoms with van der Waals surface area (Å²) in [7, 11) is 1.72. The Morgan fingerprint density at radius 1 is 1.13 bits per heavy atom. The van der Waals surface area contributed by atoms with Crippen molar-refractivity contribution < 1.29 is 19.5 Å². The monoisotopic (exact) mass is 420 g/mol. The summed E-state index contributed by atoms with van der Waals surface area (Å²) < 4.78 is 0. The lowest BCUT2D eigenvalue weighted by atomic mass is 9.92. The smallest absolute Gasteiger partial charge is 0.305 e. The molecule has 2 N–H and O–H groups in total. The van der Waals surface area contributed by atoms with Gasteiger partial charge in [0, 0.05) is 13.6 Å². The maximum absolute atomic E-state index is 13.3. The molecule has 0 atom stereocenters. The average molecular weight is 421 g/mol. The molecule has 2 amide bonds. The molecule has 0 unspecified atom stereocenters. The van der Waals surface area contributed by atoms with Gasteiger partial charge in [-0.3, -0.25) is 14.4 Å². The number of carboxylic acids is 1. The van der Waals surface area contributed by atoms with Gasteiger partial charge in [-0.2, -0.15) is 0 Å². The third-order valence-corrected chi connectivity index (χ3v) is 6.07. The van der Waals surface area contributed by atoms with Crippen LogP contribution in [0, 0.1) is 5.92 Å². The molecule has 1 rings (SSSR count). The first-order valence-electron chi connectivity index (χ1n) is 11.2. The van der Waals surface area contributed by atoms with E-state index < -0.39 is 17.4 Å². The van der Waals surface area contributed by atoms with Gasteiger partial charge in [-0.05, 0) is 56.6 Å². The Kier molecular flexibility index (Phi) is 10.3. The van der Waals surface area contributed by atoms with Gasteiger partial charge in [-0.15, -0.1) is 0 Å². The van der Waals surface area contributed by atoms with Crippen LogP contribution in [0.25, 0.3) is 0 Å². The molecule has 6 heteroatoms. The lowest BCUT2D eigenvalue weighted by Gasteiger charge is -2.30. The molecule has 6 nitrogen and oxygen atoms in total. The fraction of sp³-hybridized carbons (Fsp3) is 0.708. The van der Waals surface area contributed by atoms with E-state index in [1.165, 1.54) is 0 Å². The molecule has 0 aromatic heterocycles. The van der Waals surface area contributed by atoms with E-state index in [-0.39, 0.29) is 17.9 Å². The number of likely N-dealkylation sites (N-methyl/N-ethyl adjacent to an activating group) is 1. The number of hydrogen-bond acceptors (Lipinski definition) is 3. The molecule has 1 aliphatic rings. The van der Waals surface area contributed by atoms with Crippen molar-refractivity contribution in [2.24, 2.45) is 5.92 Å². The SMILES string of the molecule is CC/C(C)=C(/C=C(/C(=O)NC1(CC(=O)O)CCCC1)C(=O)N(C)CCC(C)C)CC. The molecule has 30 heavy (non-hydrogen) atoms. The predicted molar refractivity (Wildman–Crippen MR) is 120 cm³/mol. The number of nitrogens with one attached hydrogen (secondary N) is 1. The molecular weight excluding hydrogens is 380 g/mol. The average Bonchev–Trinajstić information content (AvgIpc) is 3.12. The molecule has 0 aromatic rings. The van der Waals surface area contributed by atoms with Gasteiger partial charge in [0.1, 0.15) is 5.57 Å². The van der Waals surface area contributed by atoms with E-state index in [4.69, 9.17) is 0 Å². The van der Waals surface area contributed by atoms with E-state index in [2.05, 4.69) is 26.1 Å². The Hall–Kier alpha value is -2.11. The molecule has 1 saturated carbocycles. The number of carbonyl (C=O) groups excluding carboxylic acids is 2. The van der Waals surface area contributed by atoms with Crippen molar-refractivity contribution in [2.75, 3.05) is 13.6 Å². The van der Waals surface area contributed by atoms with Gasteiger partial charge < -0.3 is 15.3 Å². The van der Waals surface area contributed by atoms with Gasteiger partial charge in [-0.1, -0.05) is 46.1 Å². The van der Waals surface area contributed by atoms with Crippen LogP contribution in [0.15, 0.2) is 22.8 Å². The van der Waals surface area contributed by atoms with Crippen LogP contribution in [0.2, 0.25) is 0 Å². The van der Waals surface area contributed by atoms with Crippen LogP contribution < -0.4 is 5.32 Å². The summed E-state index contributed by atoms with van der Waals surface area (Å²) in [5.41, 5.74) is 1.45. The first-order valence-corrected chi connectivity index (χ1v) is 11.2. The molecule has 170 valence electrons. The normalized spacial score (nSPS) is 17.0. The van der Waals surface area contributed by atoms with Gasteiger partial charge in [0.15, 0.2) is 0 Å². The van der Waals surface area contributed by atoms with Crippen LogP contribution in [0.5, 0.6) is 0 Å². The zero-order chi connectivity index (χ0) is 22.9. The van der Waals surface area contributed by atoms with E-state index >= 15 is 0 Å². The second-order valence-electron chi connectivity index (χ2n) is 8.99. The van der Waals surface area contributed by atoms with Gasteiger partial charge in [0.2, 0.25) is 0 Å². The Morgan fingerprint density at radius 2 is 1.73 bits per heavy atom. The molecule has 0 saturated heterocycles. The third-order valence-electron chi connectivity index (χ3n) is 6.07. The Morgan fingerprint density at radius 3 is 2.20 bits per heavy atom. The van der Waals surface area contributed by atoms with E-state index in [1.807, 2.05) is 13.8 Å². The minimum absolute atomic E-state index is 0.0996. The van der Waals surface area contributed by atoms with Gasteiger partial charge in [0.25, 0.3) is 11.8 Å². The Balaban J connectivity index is 3.26. The van der Waals surface area contributed by atoms with Crippen molar-refractivity contribution in [2.45, 2.75) is 91.5 Å². The van der Waals surface area contributed by atoms with E-state index in [1.54, 1.807) is 18.0 Å². The summed E-state index contributed by atoms with van der Waals surface area (Å²) in [4.78, 5) is 39.5. The minimum Gasteiger partial charge on any atom is -0.481 e. The predicted octanol–water partition coefficient (Wildman–Crippen LogP) is 4.46. The van der Waals surface area contributed by atoms with Crippen LogP contribution in [0.3, 0.4) is 0 Å². The van der Waals surface area contributed by atoms with Gasteiger partial charge in [-0.25, -0.2) is 0 Å². The zero-order valence-corrected chi connectivity index (χ0v) is 19.6. The maximum atomic E-state index is 13.3. The highest BCUT2D eigenvalue weighted by Gasteiger charge is 2.39. The third kappa shape index (κ3) is 7.62. The van der Waals surface area contributed by atoms with E-state index in [9.17, 15) is 19.5 Å². The molecule has 0 spiro atoms. The molecule has 0 radical (unpaired) electrons. The molecular formula is C24H40N2O4. The lowest BCUT2D eigenvalue weighted by Crippen LogP contribution is -2.50. The van der Waals surface area contributed by atoms with Crippen molar-refractivity contribution >= 4 is 17.8 Å². The molecule has 1 fully saturated rings. The van der Waals surface area contributed by atoms with Gasteiger partial charge in [0.05, 0.1) is 12.0 Å². The minimum atomic E-state index is -0.931.